The molecule has 3 rings (SSSR count). The third-order valence-corrected chi connectivity index (χ3v) is 4.19. The maximum atomic E-state index is 9.21. The van der Waals surface area contributed by atoms with Crippen LogP contribution in [0.4, 0.5) is 5.69 Å². The van der Waals surface area contributed by atoms with Crippen molar-refractivity contribution in [3.05, 3.63) is 59.7 Å². The Hall–Kier alpha value is -2.64. The van der Waals surface area contributed by atoms with Crippen molar-refractivity contribution in [3.8, 4) is 27.6 Å². The van der Waals surface area contributed by atoms with Crippen molar-refractivity contribution in [2.75, 3.05) is 5.73 Å². The minimum Gasteiger partial charge on any atom is -0.396 e. The largest absolute Gasteiger partial charge is 0.396 e. The lowest BCUT2D eigenvalue weighted by Crippen LogP contribution is -1.89. The first-order chi connectivity index (χ1) is 9.81. The molecule has 3 nitrogen and oxygen atoms in total. The molecule has 0 saturated heterocycles. The number of thiophene rings is 1. The second-order valence-electron chi connectivity index (χ2n) is 4.27. The first kappa shape index (κ1) is 12.4. The van der Waals surface area contributed by atoms with Crippen LogP contribution in [0.15, 0.2) is 54.9 Å². The van der Waals surface area contributed by atoms with Crippen LogP contribution in [0.2, 0.25) is 0 Å². The van der Waals surface area contributed by atoms with E-state index in [0.717, 1.165) is 21.6 Å². The molecule has 0 atom stereocenters. The quantitative estimate of drug-likeness (QED) is 0.772. The number of aromatic nitrogens is 1. The van der Waals surface area contributed by atoms with Crippen molar-refractivity contribution < 1.29 is 0 Å². The Kier molecular flexibility index (Phi) is 3.20. The molecule has 0 spiro atoms. The molecule has 0 bridgehead atoms. The number of nitrogens with two attached hydrogens (primary N) is 1. The maximum absolute atomic E-state index is 9.21. The molecule has 0 saturated carbocycles. The van der Waals surface area contributed by atoms with Gasteiger partial charge in [0.2, 0.25) is 0 Å². The van der Waals surface area contributed by atoms with E-state index in [0.29, 0.717) is 10.6 Å². The van der Waals surface area contributed by atoms with E-state index in [1.807, 2.05) is 42.5 Å². The van der Waals surface area contributed by atoms with Crippen LogP contribution in [0.3, 0.4) is 0 Å². The maximum Gasteiger partial charge on any atom is 0.129 e. The molecule has 0 aliphatic heterocycles. The van der Waals surface area contributed by atoms with Gasteiger partial charge in [-0.05, 0) is 11.6 Å². The zero-order chi connectivity index (χ0) is 13.9. The number of nitriles is 1. The smallest absolute Gasteiger partial charge is 0.129 e. The lowest BCUT2D eigenvalue weighted by Gasteiger charge is -2.05. The highest BCUT2D eigenvalue weighted by Gasteiger charge is 2.18. The first-order valence-corrected chi connectivity index (χ1v) is 6.91. The summed E-state index contributed by atoms with van der Waals surface area (Å²) in [6, 6.07) is 15.9. The minimum absolute atomic E-state index is 0.544. The van der Waals surface area contributed by atoms with Crippen molar-refractivity contribution in [3.63, 3.8) is 0 Å². The molecule has 4 heteroatoms. The fourth-order valence-corrected chi connectivity index (χ4v) is 3.15. The summed E-state index contributed by atoms with van der Waals surface area (Å²) in [7, 11) is 0. The van der Waals surface area contributed by atoms with Crippen LogP contribution < -0.4 is 5.73 Å². The fraction of sp³-hybridized carbons (Fsp3) is 0. The fourth-order valence-electron chi connectivity index (χ4n) is 2.12. The van der Waals surface area contributed by atoms with Crippen LogP contribution in [-0.4, -0.2) is 4.98 Å². The van der Waals surface area contributed by atoms with E-state index in [-0.39, 0.29) is 0 Å². The summed E-state index contributed by atoms with van der Waals surface area (Å²) >= 11 is 1.41. The van der Waals surface area contributed by atoms with E-state index in [4.69, 9.17) is 5.73 Å². The van der Waals surface area contributed by atoms with E-state index in [2.05, 4.69) is 11.1 Å². The normalized spacial score (nSPS) is 10.2. The molecule has 20 heavy (non-hydrogen) atoms. The van der Waals surface area contributed by atoms with E-state index in [1.54, 1.807) is 12.4 Å². The first-order valence-electron chi connectivity index (χ1n) is 6.09. The summed E-state index contributed by atoms with van der Waals surface area (Å²) in [5.74, 6) is 0. The number of anilines is 1. The number of benzene rings is 1. The lowest BCUT2D eigenvalue weighted by atomic mass is 10.0. The van der Waals surface area contributed by atoms with Crippen molar-refractivity contribution in [2.45, 2.75) is 0 Å². The van der Waals surface area contributed by atoms with Crippen molar-refractivity contribution >= 4 is 17.0 Å². The van der Waals surface area contributed by atoms with E-state index < -0.39 is 0 Å². The Bertz CT molecular complexity index is 771. The summed E-state index contributed by atoms with van der Waals surface area (Å²) in [5, 5.41) is 9.21. The van der Waals surface area contributed by atoms with Crippen LogP contribution in [0.1, 0.15) is 4.88 Å². The standard InChI is InChI=1S/C16H11N3S/c17-9-13-15(18)14(11-5-2-1-3-6-11)16(20-13)12-7-4-8-19-10-12/h1-8,10H,18H2. The zero-order valence-corrected chi connectivity index (χ0v) is 11.4. The third kappa shape index (κ3) is 2.04. The molecule has 0 aliphatic carbocycles. The molecule has 2 N–H and O–H groups in total. The highest BCUT2D eigenvalue weighted by atomic mass is 32.1. The van der Waals surface area contributed by atoms with E-state index >= 15 is 0 Å². The Morgan fingerprint density at radius 3 is 2.45 bits per heavy atom. The van der Waals surface area contributed by atoms with E-state index in [1.165, 1.54) is 11.3 Å². The SMILES string of the molecule is N#Cc1sc(-c2cccnc2)c(-c2ccccc2)c1N. The Labute approximate surface area is 121 Å². The Morgan fingerprint density at radius 2 is 1.80 bits per heavy atom. The van der Waals surface area contributed by atoms with Gasteiger partial charge in [0.05, 0.1) is 5.69 Å². The highest BCUT2D eigenvalue weighted by Crippen LogP contribution is 2.44. The predicted molar refractivity (Wildman–Crippen MR) is 82.1 cm³/mol. The molecular formula is C16H11N3S. The Balaban J connectivity index is 2.28. The molecule has 2 heterocycles. The molecule has 96 valence electrons. The number of pyridine rings is 1. The molecule has 0 aliphatic rings. The topological polar surface area (TPSA) is 62.7 Å². The van der Waals surface area contributed by atoms with Gasteiger partial charge in [-0.25, -0.2) is 0 Å². The molecule has 2 aromatic heterocycles. The van der Waals surface area contributed by atoms with Gasteiger partial charge in [-0.15, -0.1) is 11.3 Å². The highest BCUT2D eigenvalue weighted by molar-refractivity contribution is 7.17. The van der Waals surface area contributed by atoms with Crippen LogP contribution in [0.5, 0.6) is 0 Å². The van der Waals surface area contributed by atoms with Gasteiger partial charge in [0.25, 0.3) is 0 Å². The van der Waals surface area contributed by atoms with Crippen LogP contribution in [-0.2, 0) is 0 Å². The molecular weight excluding hydrogens is 266 g/mol. The summed E-state index contributed by atoms with van der Waals surface area (Å²) in [6.45, 7) is 0. The number of hydrogen-bond acceptors (Lipinski definition) is 4. The third-order valence-electron chi connectivity index (χ3n) is 3.03. The second kappa shape index (κ2) is 5.16. The summed E-state index contributed by atoms with van der Waals surface area (Å²) in [6.07, 6.45) is 3.52. The van der Waals surface area contributed by atoms with Crippen LogP contribution in [0.25, 0.3) is 21.6 Å². The number of rotatable bonds is 2. The number of hydrogen-bond donors (Lipinski definition) is 1. The van der Waals surface area contributed by atoms with Crippen molar-refractivity contribution in [2.24, 2.45) is 0 Å². The van der Waals surface area contributed by atoms with Crippen molar-refractivity contribution in [1.29, 1.82) is 5.26 Å². The summed E-state index contributed by atoms with van der Waals surface area (Å²) < 4.78 is 0. The number of nitrogens with zero attached hydrogens (tertiary/aromatic N) is 2. The average Bonchev–Trinajstić information content (AvgIpc) is 2.86. The summed E-state index contributed by atoms with van der Waals surface area (Å²) in [5.41, 5.74) is 9.60. The molecule has 3 aromatic rings. The van der Waals surface area contributed by atoms with Gasteiger partial charge in [-0.2, -0.15) is 5.26 Å². The Morgan fingerprint density at radius 1 is 1.05 bits per heavy atom. The van der Waals surface area contributed by atoms with Gasteiger partial charge in [-0.1, -0.05) is 36.4 Å². The van der Waals surface area contributed by atoms with E-state index in [9.17, 15) is 5.26 Å². The predicted octanol–water partition coefficient (Wildman–Crippen LogP) is 3.93. The summed E-state index contributed by atoms with van der Waals surface area (Å²) in [4.78, 5) is 5.67. The van der Waals surface area contributed by atoms with Gasteiger partial charge in [-0.3, -0.25) is 4.98 Å². The van der Waals surface area contributed by atoms with Crippen LogP contribution >= 0.6 is 11.3 Å². The lowest BCUT2D eigenvalue weighted by molar-refractivity contribution is 1.33. The molecule has 0 fully saturated rings. The van der Waals surface area contributed by atoms with Gasteiger partial charge in [0.15, 0.2) is 0 Å². The van der Waals surface area contributed by atoms with Gasteiger partial charge in [0, 0.05) is 28.4 Å². The van der Waals surface area contributed by atoms with Crippen LogP contribution in [0, 0.1) is 11.3 Å². The second-order valence-corrected chi connectivity index (χ2v) is 5.29. The molecule has 0 amide bonds. The van der Waals surface area contributed by atoms with Gasteiger partial charge < -0.3 is 5.73 Å². The minimum atomic E-state index is 0.544. The molecule has 0 unspecified atom stereocenters. The van der Waals surface area contributed by atoms with Gasteiger partial charge >= 0.3 is 0 Å². The number of nitrogen functional groups attached to an aromatic ring is 1. The van der Waals surface area contributed by atoms with Crippen molar-refractivity contribution in [1.82, 2.24) is 4.98 Å². The molecule has 1 aromatic carbocycles. The molecule has 0 radical (unpaired) electrons. The monoisotopic (exact) mass is 277 g/mol. The zero-order valence-electron chi connectivity index (χ0n) is 10.6. The van der Waals surface area contributed by atoms with Gasteiger partial charge in [0.1, 0.15) is 10.9 Å². The average molecular weight is 277 g/mol.